The second-order valence-electron chi connectivity index (χ2n) is 7.06. The first-order chi connectivity index (χ1) is 8.04. The van der Waals surface area contributed by atoms with Crippen molar-refractivity contribution in [3.63, 3.8) is 0 Å². The van der Waals surface area contributed by atoms with Gasteiger partial charge >= 0.3 is 0 Å². The van der Waals surface area contributed by atoms with Gasteiger partial charge in [0.2, 0.25) is 0 Å². The molecule has 2 aliphatic carbocycles. The van der Waals surface area contributed by atoms with Crippen molar-refractivity contribution in [1.82, 2.24) is 0 Å². The lowest BCUT2D eigenvalue weighted by Gasteiger charge is -2.34. The molecule has 2 unspecified atom stereocenters. The maximum absolute atomic E-state index is 10.2. The van der Waals surface area contributed by atoms with E-state index >= 15 is 0 Å². The smallest absolute Gasteiger partial charge is 0.0813 e. The summed E-state index contributed by atoms with van der Waals surface area (Å²) < 4.78 is 0. The standard InChI is InChI=1S/C15H27NO/c1-4-14(2,3)13-11-15(13)8-5-6-12(10-15)7-9-16-17/h12-13H,4-11H2,1-3H3/t12?,13-,15?/m1/s1. The van der Waals surface area contributed by atoms with Crippen LogP contribution in [0.2, 0.25) is 0 Å². The molecular weight excluding hydrogens is 210 g/mol. The molecule has 0 heterocycles. The van der Waals surface area contributed by atoms with Crippen LogP contribution in [0, 0.1) is 27.6 Å². The van der Waals surface area contributed by atoms with Gasteiger partial charge in [-0.05, 0) is 48.3 Å². The summed E-state index contributed by atoms with van der Waals surface area (Å²) >= 11 is 0. The van der Waals surface area contributed by atoms with Crippen LogP contribution in [0.5, 0.6) is 0 Å². The minimum Gasteiger partial charge on any atom is -0.151 e. The third-order valence-corrected chi connectivity index (χ3v) is 5.66. The van der Waals surface area contributed by atoms with Crippen LogP contribution in [0.15, 0.2) is 5.18 Å². The normalized spacial score (nSPS) is 37.1. The molecule has 17 heavy (non-hydrogen) atoms. The van der Waals surface area contributed by atoms with Crippen molar-refractivity contribution in [3.8, 4) is 0 Å². The van der Waals surface area contributed by atoms with Gasteiger partial charge < -0.3 is 0 Å². The first-order valence-electron chi connectivity index (χ1n) is 7.33. The third kappa shape index (κ3) is 2.56. The van der Waals surface area contributed by atoms with Gasteiger partial charge in [0.15, 0.2) is 0 Å². The SMILES string of the molecule is CCC(C)(C)[C@H]1CC12CCCC(CCN=O)C2. The van der Waals surface area contributed by atoms with Crippen LogP contribution in [0.25, 0.3) is 0 Å². The molecule has 2 rings (SSSR count). The van der Waals surface area contributed by atoms with Gasteiger partial charge in [-0.3, -0.25) is 0 Å². The Hall–Kier alpha value is -0.400. The minimum atomic E-state index is 0.519. The van der Waals surface area contributed by atoms with E-state index in [4.69, 9.17) is 0 Å². The number of hydrogen-bond acceptors (Lipinski definition) is 2. The van der Waals surface area contributed by atoms with E-state index in [9.17, 15) is 4.91 Å². The van der Waals surface area contributed by atoms with Crippen molar-refractivity contribution in [1.29, 1.82) is 0 Å². The molecule has 0 aromatic carbocycles. The highest BCUT2D eigenvalue weighted by molar-refractivity contribution is 5.09. The summed E-state index contributed by atoms with van der Waals surface area (Å²) in [5.41, 5.74) is 1.18. The largest absolute Gasteiger partial charge is 0.151 e. The lowest BCUT2D eigenvalue weighted by Crippen LogP contribution is -2.24. The second kappa shape index (κ2) is 4.70. The molecule has 0 aromatic heterocycles. The Kier molecular flexibility index (Phi) is 3.61. The number of hydrogen-bond donors (Lipinski definition) is 0. The van der Waals surface area contributed by atoms with Crippen molar-refractivity contribution >= 4 is 0 Å². The molecule has 0 saturated heterocycles. The molecule has 0 bridgehead atoms. The molecule has 2 nitrogen and oxygen atoms in total. The van der Waals surface area contributed by atoms with Crippen LogP contribution in [0.3, 0.4) is 0 Å². The van der Waals surface area contributed by atoms with Crippen LogP contribution in [0.4, 0.5) is 0 Å². The van der Waals surface area contributed by atoms with Crippen LogP contribution in [-0.4, -0.2) is 6.54 Å². The summed E-state index contributed by atoms with van der Waals surface area (Å²) in [6.45, 7) is 7.72. The summed E-state index contributed by atoms with van der Waals surface area (Å²) in [6.07, 6.45) is 9.28. The number of rotatable bonds is 5. The van der Waals surface area contributed by atoms with E-state index in [1.165, 1.54) is 38.5 Å². The topological polar surface area (TPSA) is 29.4 Å². The van der Waals surface area contributed by atoms with Crippen LogP contribution >= 0.6 is 0 Å². The average Bonchev–Trinajstić information content (AvgIpc) is 3.01. The van der Waals surface area contributed by atoms with Gasteiger partial charge in [0, 0.05) is 0 Å². The highest BCUT2D eigenvalue weighted by atomic mass is 16.3. The number of nitroso groups, excluding NO2 is 1. The summed E-state index contributed by atoms with van der Waals surface area (Å²) in [7, 11) is 0. The van der Waals surface area contributed by atoms with Crippen molar-refractivity contribution in [2.75, 3.05) is 6.54 Å². The van der Waals surface area contributed by atoms with Gasteiger partial charge in [-0.25, -0.2) is 0 Å². The highest BCUT2D eigenvalue weighted by Crippen LogP contribution is 2.69. The molecule has 0 radical (unpaired) electrons. The average molecular weight is 237 g/mol. The van der Waals surface area contributed by atoms with Crippen molar-refractivity contribution < 1.29 is 0 Å². The molecule has 0 amide bonds. The Bertz CT molecular complexity index is 287. The minimum absolute atomic E-state index is 0.519. The van der Waals surface area contributed by atoms with Crippen LogP contribution in [0.1, 0.15) is 65.7 Å². The van der Waals surface area contributed by atoms with Crippen molar-refractivity contribution in [3.05, 3.63) is 4.91 Å². The summed E-state index contributed by atoms with van der Waals surface area (Å²) in [6, 6.07) is 0. The Balaban J connectivity index is 1.92. The van der Waals surface area contributed by atoms with Gasteiger partial charge in [0.05, 0.1) is 6.54 Å². The molecule has 2 heteroatoms. The van der Waals surface area contributed by atoms with Crippen molar-refractivity contribution in [2.45, 2.75) is 65.7 Å². The maximum Gasteiger partial charge on any atom is 0.0813 e. The molecule has 98 valence electrons. The Labute approximate surface area is 106 Å². The fourth-order valence-electron chi connectivity index (χ4n) is 4.20. The first kappa shape index (κ1) is 13.0. The zero-order valence-corrected chi connectivity index (χ0v) is 11.7. The summed E-state index contributed by atoms with van der Waals surface area (Å²) in [4.78, 5) is 10.2. The molecule has 2 aliphatic rings. The van der Waals surface area contributed by atoms with Crippen molar-refractivity contribution in [2.24, 2.45) is 27.8 Å². The molecule has 2 fully saturated rings. The molecule has 2 saturated carbocycles. The quantitative estimate of drug-likeness (QED) is 0.633. The first-order valence-corrected chi connectivity index (χ1v) is 7.33. The van der Waals surface area contributed by atoms with Gasteiger partial charge in [0.1, 0.15) is 0 Å². The fraction of sp³-hybridized carbons (Fsp3) is 1.00. The van der Waals surface area contributed by atoms with Gasteiger partial charge in [-0.15, -0.1) is 0 Å². The summed E-state index contributed by atoms with van der Waals surface area (Å²) in [5, 5.41) is 3.03. The molecule has 0 aliphatic heterocycles. The van der Waals surface area contributed by atoms with E-state index in [-0.39, 0.29) is 0 Å². The Morgan fingerprint density at radius 1 is 1.35 bits per heavy atom. The van der Waals surface area contributed by atoms with Gasteiger partial charge in [-0.2, -0.15) is 4.91 Å². The van der Waals surface area contributed by atoms with Crippen LogP contribution < -0.4 is 0 Å². The molecule has 3 atom stereocenters. The zero-order chi connectivity index (χ0) is 12.5. The predicted molar refractivity (Wildman–Crippen MR) is 71.8 cm³/mol. The predicted octanol–water partition coefficient (Wildman–Crippen LogP) is 4.78. The van der Waals surface area contributed by atoms with Gasteiger partial charge in [-0.1, -0.05) is 45.2 Å². The van der Waals surface area contributed by atoms with E-state index in [0.29, 0.717) is 17.4 Å². The Morgan fingerprint density at radius 3 is 2.76 bits per heavy atom. The summed E-state index contributed by atoms with van der Waals surface area (Å²) in [5.74, 6) is 1.71. The van der Waals surface area contributed by atoms with Gasteiger partial charge in [0.25, 0.3) is 0 Å². The van der Waals surface area contributed by atoms with Crippen LogP contribution in [-0.2, 0) is 0 Å². The monoisotopic (exact) mass is 237 g/mol. The lowest BCUT2D eigenvalue weighted by atomic mass is 9.71. The zero-order valence-electron chi connectivity index (χ0n) is 11.7. The molecule has 0 N–H and O–H groups in total. The van der Waals surface area contributed by atoms with E-state index in [2.05, 4.69) is 25.9 Å². The molecule has 0 aromatic rings. The van der Waals surface area contributed by atoms with E-state index in [1.54, 1.807) is 0 Å². The Morgan fingerprint density at radius 2 is 2.12 bits per heavy atom. The second-order valence-corrected chi connectivity index (χ2v) is 7.06. The molecular formula is C15H27NO. The molecule has 1 spiro atoms. The number of nitrogens with zero attached hydrogens (tertiary/aromatic N) is 1. The lowest BCUT2D eigenvalue weighted by molar-refractivity contribution is 0.167. The maximum atomic E-state index is 10.2. The van der Waals surface area contributed by atoms with E-state index < -0.39 is 0 Å². The third-order valence-electron chi connectivity index (χ3n) is 5.66. The fourth-order valence-corrected chi connectivity index (χ4v) is 4.20. The van der Waals surface area contributed by atoms with E-state index in [1.807, 2.05) is 0 Å². The highest BCUT2D eigenvalue weighted by Gasteiger charge is 2.59. The van der Waals surface area contributed by atoms with E-state index in [0.717, 1.165) is 18.3 Å².